The van der Waals surface area contributed by atoms with Gasteiger partial charge < -0.3 is 15.0 Å². The first-order valence-electron chi connectivity index (χ1n) is 9.89. The van der Waals surface area contributed by atoms with Crippen LogP contribution in [0.3, 0.4) is 0 Å². The highest BCUT2D eigenvalue weighted by atomic mass is 35.5. The minimum atomic E-state index is -0.809. The molecule has 2 aromatic heterocycles. The van der Waals surface area contributed by atoms with Crippen molar-refractivity contribution in [2.75, 3.05) is 26.7 Å². The Labute approximate surface area is 181 Å². The van der Waals surface area contributed by atoms with Crippen molar-refractivity contribution in [3.8, 4) is 0 Å². The number of rotatable bonds is 3. The predicted octanol–water partition coefficient (Wildman–Crippen LogP) is 2.29. The Bertz CT molecular complexity index is 952. The molecular weight excluding hydrogens is 408 g/mol. The van der Waals surface area contributed by atoms with Crippen LogP contribution in [0.5, 0.6) is 0 Å². The number of nitrogens with zero attached hydrogens (tertiary/aromatic N) is 5. The molecular formula is C20H29ClN6O3. The Balaban J connectivity index is 1.76. The molecule has 3 rings (SSSR count). The summed E-state index contributed by atoms with van der Waals surface area (Å²) in [6, 6.07) is 3.03. The summed E-state index contributed by atoms with van der Waals surface area (Å²) in [6.45, 7) is 10.5. The van der Waals surface area contributed by atoms with E-state index < -0.39 is 23.3 Å². The molecule has 1 saturated heterocycles. The number of carbonyl (C=O) groups is 2. The van der Waals surface area contributed by atoms with Gasteiger partial charge in [-0.3, -0.25) is 14.1 Å². The van der Waals surface area contributed by atoms with E-state index in [9.17, 15) is 9.59 Å². The van der Waals surface area contributed by atoms with Gasteiger partial charge in [0.15, 0.2) is 11.5 Å². The van der Waals surface area contributed by atoms with Crippen LogP contribution in [0.15, 0.2) is 18.3 Å². The van der Waals surface area contributed by atoms with Gasteiger partial charge in [-0.15, -0.1) is 10.2 Å². The Morgan fingerprint density at radius 3 is 2.57 bits per heavy atom. The van der Waals surface area contributed by atoms with E-state index in [1.54, 1.807) is 27.6 Å². The van der Waals surface area contributed by atoms with Crippen molar-refractivity contribution in [1.82, 2.24) is 29.7 Å². The SMILES string of the molecule is CN1CCN(C(=O)OC(C)(C)C)C[C@H]1C(=O)NC(C)(C)c1nnc2c(Cl)cccn12. The molecule has 0 aromatic carbocycles. The summed E-state index contributed by atoms with van der Waals surface area (Å²) < 4.78 is 7.23. The first-order valence-corrected chi connectivity index (χ1v) is 10.3. The third kappa shape index (κ3) is 4.67. The second-order valence-electron chi connectivity index (χ2n) is 9.11. The molecule has 2 amide bonds. The molecule has 1 atom stereocenters. The van der Waals surface area contributed by atoms with Crippen LogP contribution in [0.1, 0.15) is 40.4 Å². The lowest BCUT2D eigenvalue weighted by atomic mass is 10.0. The van der Waals surface area contributed by atoms with Crippen LogP contribution in [0.25, 0.3) is 5.65 Å². The normalized spacial score (nSPS) is 18.5. The van der Waals surface area contributed by atoms with Gasteiger partial charge in [-0.25, -0.2) is 4.79 Å². The zero-order valence-electron chi connectivity index (χ0n) is 18.3. The number of aromatic nitrogens is 3. The molecule has 10 heteroatoms. The van der Waals surface area contributed by atoms with Crippen LogP contribution in [-0.4, -0.2) is 74.7 Å². The van der Waals surface area contributed by atoms with Crippen molar-refractivity contribution in [3.05, 3.63) is 29.2 Å². The number of amides is 2. The average molecular weight is 437 g/mol. The maximum atomic E-state index is 13.2. The highest BCUT2D eigenvalue weighted by Gasteiger charge is 2.37. The summed E-state index contributed by atoms with van der Waals surface area (Å²) in [5, 5.41) is 11.9. The summed E-state index contributed by atoms with van der Waals surface area (Å²) in [5.41, 5.74) is -0.866. The van der Waals surface area contributed by atoms with E-state index in [0.29, 0.717) is 29.6 Å². The second kappa shape index (κ2) is 8.03. The van der Waals surface area contributed by atoms with Crippen LogP contribution in [0, 0.1) is 0 Å². The van der Waals surface area contributed by atoms with Crippen LogP contribution >= 0.6 is 11.6 Å². The summed E-state index contributed by atoms with van der Waals surface area (Å²) >= 11 is 6.19. The number of hydrogen-bond donors (Lipinski definition) is 1. The fourth-order valence-corrected chi connectivity index (χ4v) is 3.61. The van der Waals surface area contributed by atoms with E-state index in [4.69, 9.17) is 16.3 Å². The Kier molecular flexibility index (Phi) is 5.97. The number of ether oxygens (including phenoxy) is 1. The lowest BCUT2D eigenvalue weighted by molar-refractivity contribution is -0.129. The summed E-state index contributed by atoms with van der Waals surface area (Å²) in [7, 11) is 1.87. The van der Waals surface area contributed by atoms with Gasteiger partial charge in [0.25, 0.3) is 0 Å². The fourth-order valence-electron chi connectivity index (χ4n) is 3.41. The van der Waals surface area contributed by atoms with Crippen molar-refractivity contribution in [3.63, 3.8) is 0 Å². The van der Waals surface area contributed by atoms with Crippen LogP contribution < -0.4 is 5.32 Å². The molecule has 0 radical (unpaired) electrons. The third-order valence-corrected chi connectivity index (χ3v) is 5.28. The zero-order chi connectivity index (χ0) is 22.3. The highest BCUT2D eigenvalue weighted by molar-refractivity contribution is 6.33. The van der Waals surface area contributed by atoms with Crippen molar-refractivity contribution >= 4 is 29.2 Å². The van der Waals surface area contributed by atoms with Crippen LogP contribution in [-0.2, 0) is 15.1 Å². The molecule has 3 heterocycles. The van der Waals surface area contributed by atoms with E-state index in [1.165, 1.54) is 0 Å². The third-order valence-electron chi connectivity index (χ3n) is 4.98. The van der Waals surface area contributed by atoms with Gasteiger partial charge >= 0.3 is 6.09 Å². The predicted molar refractivity (Wildman–Crippen MR) is 113 cm³/mol. The number of likely N-dealkylation sites (N-methyl/N-ethyl adjacent to an activating group) is 1. The Morgan fingerprint density at radius 1 is 1.20 bits per heavy atom. The van der Waals surface area contributed by atoms with Crippen LogP contribution in [0.4, 0.5) is 4.79 Å². The second-order valence-corrected chi connectivity index (χ2v) is 9.52. The molecule has 0 bridgehead atoms. The lowest BCUT2D eigenvalue weighted by Gasteiger charge is -2.40. The standard InChI is InChI=1S/C20H29ClN6O3/c1-19(2,3)30-18(29)26-11-10-25(6)14(12-26)16(28)22-20(4,5)17-24-23-15-13(21)8-7-9-27(15)17/h7-9,14H,10-12H2,1-6H3,(H,22,28)/t14-/m0/s1. The van der Waals surface area contributed by atoms with E-state index in [-0.39, 0.29) is 12.5 Å². The number of carbonyl (C=O) groups excluding carboxylic acids is 2. The lowest BCUT2D eigenvalue weighted by Crippen LogP contribution is -2.61. The minimum absolute atomic E-state index is 0.200. The van der Waals surface area contributed by atoms with Gasteiger partial charge in [0.1, 0.15) is 11.6 Å². The zero-order valence-corrected chi connectivity index (χ0v) is 19.0. The molecule has 164 valence electrons. The average Bonchev–Trinajstić information content (AvgIpc) is 3.06. The molecule has 9 nitrogen and oxygen atoms in total. The van der Waals surface area contributed by atoms with Gasteiger partial charge in [-0.1, -0.05) is 11.6 Å². The van der Waals surface area contributed by atoms with E-state index in [0.717, 1.165) is 0 Å². The molecule has 0 aliphatic carbocycles. The molecule has 1 N–H and O–H groups in total. The minimum Gasteiger partial charge on any atom is -0.444 e. The molecule has 0 spiro atoms. The summed E-state index contributed by atoms with van der Waals surface area (Å²) in [4.78, 5) is 29.1. The van der Waals surface area contributed by atoms with Crippen LogP contribution in [0.2, 0.25) is 5.02 Å². The quantitative estimate of drug-likeness (QED) is 0.793. The molecule has 0 unspecified atom stereocenters. The van der Waals surface area contributed by atoms with Crippen molar-refractivity contribution < 1.29 is 14.3 Å². The van der Waals surface area contributed by atoms with Crippen molar-refractivity contribution in [2.45, 2.75) is 51.8 Å². The maximum absolute atomic E-state index is 13.2. The van der Waals surface area contributed by atoms with Gasteiger partial charge in [0, 0.05) is 25.8 Å². The van der Waals surface area contributed by atoms with E-state index >= 15 is 0 Å². The van der Waals surface area contributed by atoms with Gasteiger partial charge in [0.05, 0.1) is 10.6 Å². The summed E-state index contributed by atoms with van der Waals surface area (Å²) in [6.07, 6.45) is 1.40. The molecule has 0 saturated carbocycles. The van der Waals surface area contributed by atoms with E-state index in [2.05, 4.69) is 15.5 Å². The number of nitrogens with one attached hydrogen (secondary N) is 1. The van der Waals surface area contributed by atoms with Gasteiger partial charge in [0.2, 0.25) is 5.91 Å². The monoisotopic (exact) mass is 436 g/mol. The van der Waals surface area contributed by atoms with E-state index in [1.807, 2.05) is 46.6 Å². The summed E-state index contributed by atoms with van der Waals surface area (Å²) in [5.74, 6) is 0.366. The molecule has 1 aliphatic heterocycles. The van der Waals surface area contributed by atoms with Gasteiger partial charge in [-0.05, 0) is 53.8 Å². The Hall–Kier alpha value is -2.39. The van der Waals surface area contributed by atoms with Crippen molar-refractivity contribution in [1.29, 1.82) is 0 Å². The molecule has 1 aliphatic rings. The fraction of sp³-hybridized carbons (Fsp3) is 0.600. The first-order chi connectivity index (χ1) is 13.9. The topological polar surface area (TPSA) is 92.1 Å². The number of halogens is 1. The molecule has 30 heavy (non-hydrogen) atoms. The smallest absolute Gasteiger partial charge is 0.410 e. The van der Waals surface area contributed by atoms with Gasteiger partial charge in [-0.2, -0.15) is 0 Å². The molecule has 2 aromatic rings. The number of fused-ring (bicyclic) bond motifs is 1. The molecule has 1 fully saturated rings. The number of piperazine rings is 1. The first kappa shape index (κ1) is 22.3. The van der Waals surface area contributed by atoms with Crippen molar-refractivity contribution in [2.24, 2.45) is 0 Å². The maximum Gasteiger partial charge on any atom is 0.410 e. The highest BCUT2D eigenvalue weighted by Crippen LogP contribution is 2.23. The number of pyridine rings is 1. The number of hydrogen-bond acceptors (Lipinski definition) is 6. The Morgan fingerprint density at radius 2 is 1.90 bits per heavy atom. The largest absolute Gasteiger partial charge is 0.444 e.